The predicted octanol–water partition coefficient (Wildman–Crippen LogP) is 3.19. The molecule has 6 nitrogen and oxygen atoms in total. The highest BCUT2D eigenvalue weighted by molar-refractivity contribution is 7.26. The first-order valence-corrected chi connectivity index (χ1v) is 9.45. The van der Waals surface area contributed by atoms with Gasteiger partial charge in [-0.25, -0.2) is 4.68 Å². The Morgan fingerprint density at radius 2 is 2.07 bits per heavy atom. The van der Waals surface area contributed by atoms with Crippen molar-refractivity contribution in [2.45, 2.75) is 26.4 Å². The molecule has 3 aromatic heterocycles. The molecule has 0 aliphatic heterocycles. The summed E-state index contributed by atoms with van der Waals surface area (Å²) < 4.78 is 3.21. The van der Waals surface area contributed by atoms with Crippen molar-refractivity contribution < 1.29 is 4.79 Å². The van der Waals surface area contributed by atoms with Gasteiger partial charge in [-0.2, -0.15) is 5.10 Å². The maximum atomic E-state index is 13.1. The highest BCUT2D eigenvalue weighted by Crippen LogP contribution is 2.32. The van der Waals surface area contributed by atoms with Crippen molar-refractivity contribution in [3.05, 3.63) is 70.4 Å². The van der Waals surface area contributed by atoms with Crippen molar-refractivity contribution in [3.8, 4) is 0 Å². The summed E-state index contributed by atoms with van der Waals surface area (Å²) in [7, 11) is 0. The Kier molecular flexibility index (Phi) is 4.45. The number of benzene rings is 1. The van der Waals surface area contributed by atoms with Gasteiger partial charge in [0.05, 0.1) is 15.8 Å². The van der Waals surface area contributed by atoms with Gasteiger partial charge in [0.2, 0.25) is 5.91 Å². The van der Waals surface area contributed by atoms with Gasteiger partial charge in [0.15, 0.2) is 0 Å². The van der Waals surface area contributed by atoms with Crippen LogP contribution in [0.25, 0.3) is 20.2 Å². The molecule has 0 aliphatic carbocycles. The van der Waals surface area contributed by atoms with Crippen LogP contribution in [0.5, 0.6) is 0 Å². The van der Waals surface area contributed by atoms with Crippen molar-refractivity contribution in [3.63, 3.8) is 0 Å². The van der Waals surface area contributed by atoms with Gasteiger partial charge in [0.1, 0.15) is 6.04 Å². The van der Waals surface area contributed by atoms with Crippen LogP contribution in [0.2, 0.25) is 0 Å². The lowest BCUT2D eigenvalue weighted by Gasteiger charge is -2.15. The molecule has 1 atom stereocenters. The predicted molar refractivity (Wildman–Crippen MR) is 107 cm³/mol. The Balaban J connectivity index is 1.70. The van der Waals surface area contributed by atoms with Crippen LogP contribution in [0.15, 0.2) is 53.6 Å². The molecule has 0 aliphatic rings. The second-order valence-electron chi connectivity index (χ2n) is 6.39. The van der Waals surface area contributed by atoms with Gasteiger partial charge in [-0.3, -0.25) is 14.6 Å². The first-order valence-electron chi connectivity index (χ1n) is 8.63. The lowest BCUT2D eigenvalue weighted by Crippen LogP contribution is -2.37. The smallest absolute Gasteiger partial charge is 0.276 e. The highest BCUT2D eigenvalue weighted by Gasteiger charge is 2.21. The normalized spacial score (nSPS) is 12.4. The first-order chi connectivity index (χ1) is 13.1. The molecule has 0 unspecified atom stereocenters. The number of amides is 1. The van der Waals surface area contributed by atoms with Gasteiger partial charge < -0.3 is 5.32 Å². The summed E-state index contributed by atoms with van der Waals surface area (Å²) in [5, 5.41) is 8.80. The van der Waals surface area contributed by atoms with E-state index in [1.807, 2.05) is 43.3 Å². The Morgan fingerprint density at radius 1 is 1.26 bits per heavy atom. The van der Waals surface area contributed by atoms with Crippen molar-refractivity contribution in [2.75, 3.05) is 0 Å². The van der Waals surface area contributed by atoms with Crippen LogP contribution in [0.4, 0.5) is 0 Å². The average Bonchev–Trinajstić information content (AvgIpc) is 3.09. The number of aromatic nitrogens is 3. The third kappa shape index (κ3) is 3.10. The zero-order valence-electron chi connectivity index (χ0n) is 15.0. The molecule has 0 saturated heterocycles. The number of thiophene rings is 1. The first kappa shape index (κ1) is 17.4. The van der Waals surface area contributed by atoms with E-state index in [0.29, 0.717) is 11.9 Å². The Bertz CT molecular complexity index is 1200. The van der Waals surface area contributed by atoms with Crippen LogP contribution >= 0.6 is 11.3 Å². The number of nitrogens with one attached hydrogen (secondary N) is 1. The van der Waals surface area contributed by atoms with E-state index in [1.54, 1.807) is 30.7 Å². The Labute approximate surface area is 159 Å². The number of rotatable bonds is 4. The molecule has 0 spiro atoms. The standard InChI is InChI=1S/C20H18N4O2S/c1-12-18-17(15-7-3-4-8-16(15)27-18)20(26)24(23-12)13(2)19(25)22-11-14-6-5-9-21-10-14/h3-10,13H,11H2,1-2H3,(H,22,25)/t13-/m1/s1. The lowest BCUT2D eigenvalue weighted by atomic mass is 10.2. The van der Waals surface area contributed by atoms with E-state index < -0.39 is 6.04 Å². The van der Waals surface area contributed by atoms with E-state index in [9.17, 15) is 9.59 Å². The van der Waals surface area contributed by atoms with Gasteiger partial charge in [-0.15, -0.1) is 11.3 Å². The van der Waals surface area contributed by atoms with Gasteiger partial charge >= 0.3 is 0 Å². The van der Waals surface area contributed by atoms with Crippen LogP contribution in [-0.2, 0) is 11.3 Å². The Morgan fingerprint density at radius 3 is 2.85 bits per heavy atom. The summed E-state index contributed by atoms with van der Waals surface area (Å²) >= 11 is 1.56. The van der Waals surface area contributed by atoms with E-state index >= 15 is 0 Å². The topological polar surface area (TPSA) is 76.9 Å². The minimum atomic E-state index is -0.712. The summed E-state index contributed by atoms with van der Waals surface area (Å²) in [5.41, 5.74) is 1.41. The van der Waals surface area contributed by atoms with E-state index in [-0.39, 0.29) is 11.5 Å². The second-order valence-corrected chi connectivity index (χ2v) is 7.44. The van der Waals surface area contributed by atoms with Gasteiger partial charge in [0.25, 0.3) is 5.56 Å². The number of carbonyl (C=O) groups is 1. The van der Waals surface area contributed by atoms with E-state index in [0.717, 1.165) is 26.0 Å². The molecule has 1 N–H and O–H groups in total. The molecule has 0 bridgehead atoms. The molecule has 4 rings (SSSR count). The maximum Gasteiger partial charge on any atom is 0.276 e. The van der Waals surface area contributed by atoms with Crippen molar-refractivity contribution in [1.82, 2.24) is 20.1 Å². The largest absolute Gasteiger partial charge is 0.350 e. The fourth-order valence-corrected chi connectivity index (χ4v) is 4.23. The van der Waals surface area contributed by atoms with Gasteiger partial charge in [-0.05, 0) is 31.5 Å². The quantitative estimate of drug-likeness (QED) is 0.592. The molecule has 0 saturated carbocycles. The zero-order valence-corrected chi connectivity index (χ0v) is 15.8. The number of hydrogen-bond donors (Lipinski definition) is 1. The van der Waals surface area contributed by atoms with Crippen LogP contribution in [0.3, 0.4) is 0 Å². The number of pyridine rings is 1. The van der Waals surface area contributed by atoms with Crippen LogP contribution in [-0.4, -0.2) is 20.7 Å². The molecule has 136 valence electrons. The molecule has 1 amide bonds. The molecule has 0 radical (unpaired) electrons. The number of nitrogens with zero attached hydrogens (tertiary/aromatic N) is 3. The molecule has 27 heavy (non-hydrogen) atoms. The van der Waals surface area contributed by atoms with Crippen molar-refractivity contribution in [1.29, 1.82) is 0 Å². The summed E-state index contributed by atoms with van der Waals surface area (Å²) in [6, 6.07) is 10.8. The van der Waals surface area contributed by atoms with E-state index in [4.69, 9.17) is 0 Å². The molecule has 4 aromatic rings. The minimum Gasteiger partial charge on any atom is -0.350 e. The number of carbonyl (C=O) groups excluding carboxylic acids is 1. The fraction of sp³-hybridized carbons (Fsp3) is 0.200. The zero-order chi connectivity index (χ0) is 19.0. The third-order valence-corrected chi connectivity index (χ3v) is 5.82. The molecular formula is C20H18N4O2S. The fourth-order valence-electron chi connectivity index (χ4n) is 3.09. The molecule has 1 aromatic carbocycles. The number of fused-ring (bicyclic) bond motifs is 3. The average molecular weight is 378 g/mol. The minimum absolute atomic E-state index is 0.239. The summed E-state index contributed by atoms with van der Waals surface area (Å²) in [5.74, 6) is -0.258. The van der Waals surface area contributed by atoms with E-state index in [1.165, 1.54) is 4.68 Å². The SMILES string of the molecule is Cc1nn([C@H](C)C(=O)NCc2cccnc2)c(=O)c2c1sc1ccccc12. The number of aryl methyl sites for hydroxylation is 1. The van der Waals surface area contributed by atoms with Crippen LogP contribution in [0.1, 0.15) is 24.2 Å². The highest BCUT2D eigenvalue weighted by atomic mass is 32.1. The summed E-state index contributed by atoms with van der Waals surface area (Å²) in [6.45, 7) is 3.91. The summed E-state index contributed by atoms with van der Waals surface area (Å²) in [6.07, 6.45) is 3.38. The van der Waals surface area contributed by atoms with Gasteiger partial charge in [-0.1, -0.05) is 24.3 Å². The molecule has 3 heterocycles. The monoisotopic (exact) mass is 378 g/mol. The van der Waals surface area contributed by atoms with Crippen LogP contribution in [0, 0.1) is 6.92 Å². The number of hydrogen-bond acceptors (Lipinski definition) is 5. The van der Waals surface area contributed by atoms with E-state index in [2.05, 4.69) is 15.4 Å². The van der Waals surface area contributed by atoms with Crippen molar-refractivity contribution in [2.24, 2.45) is 0 Å². The summed E-state index contributed by atoms with van der Waals surface area (Å²) in [4.78, 5) is 29.7. The van der Waals surface area contributed by atoms with Crippen molar-refractivity contribution >= 4 is 37.4 Å². The Hall–Kier alpha value is -3.06. The third-order valence-electron chi connectivity index (χ3n) is 4.54. The van der Waals surface area contributed by atoms with Crippen LogP contribution < -0.4 is 10.9 Å². The molecular weight excluding hydrogens is 360 g/mol. The van der Waals surface area contributed by atoms with Gasteiger partial charge in [0, 0.05) is 29.0 Å². The molecule has 0 fully saturated rings. The lowest BCUT2D eigenvalue weighted by molar-refractivity contribution is -0.124. The maximum absolute atomic E-state index is 13.1. The molecule has 7 heteroatoms. The second kappa shape index (κ2) is 6.92.